The van der Waals surface area contributed by atoms with Crippen LogP contribution in [-0.2, 0) is 16.6 Å². The Morgan fingerprint density at radius 1 is 1.20 bits per heavy atom. The second-order valence-corrected chi connectivity index (χ2v) is 7.48. The third-order valence-electron chi connectivity index (χ3n) is 6.15. The summed E-state index contributed by atoms with van der Waals surface area (Å²) in [6, 6.07) is 13.5. The van der Waals surface area contributed by atoms with Crippen LogP contribution >= 0.6 is 0 Å². The highest BCUT2D eigenvalue weighted by atomic mass is 16.5. The Labute approximate surface area is 174 Å². The number of nitrogens with one attached hydrogen (secondary N) is 1. The number of benzene rings is 2. The molecule has 5 rings (SSSR count). The number of para-hydroxylation sites is 1. The number of carbonyl (C=O) groups excluding carboxylic acids is 1. The molecule has 3 aliphatic heterocycles. The van der Waals surface area contributed by atoms with Crippen LogP contribution in [0.4, 0.5) is 5.69 Å². The summed E-state index contributed by atoms with van der Waals surface area (Å²) < 4.78 is 11.0. The molecule has 0 saturated carbocycles. The molecule has 0 saturated heterocycles. The Hall–Kier alpha value is -3.92. The lowest BCUT2D eigenvalue weighted by atomic mass is 9.71. The van der Waals surface area contributed by atoms with E-state index in [1.165, 1.54) is 0 Å². The summed E-state index contributed by atoms with van der Waals surface area (Å²) in [6.45, 7) is 0.602. The van der Waals surface area contributed by atoms with E-state index in [9.17, 15) is 10.1 Å². The van der Waals surface area contributed by atoms with E-state index < -0.39 is 5.41 Å². The van der Waals surface area contributed by atoms with Gasteiger partial charge in [-0.15, -0.1) is 0 Å². The fourth-order valence-electron chi connectivity index (χ4n) is 4.70. The molecule has 3 heterocycles. The highest BCUT2D eigenvalue weighted by Gasteiger charge is 2.53. The van der Waals surface area contributed by atoms with Crippen molar-refractivity contribution in [3.05, 3.63) is 70.6 Å². The van der Waals surface area contributed by atoms with Crippen molar-refractivity contribution >= 4 is 17.3 Å². The van der Waals surface area contributed by atoms with Gasteiger partial charge in [0.25, 0.3) is 0 Å². The number of nitriles is 1. The van der Waals surface area contributed by atoms with Gasteiger partial charge in [-0.25, -0.2) is 0 Å². The summed E-state index contributed by atoms with van der Waals surface area (Å²) in [5, 5.41) is 12.9. The van der Waals surface area contributed by atoms with Gasteiger partial charge in [0.1, 0.15) is 17.3 Å². The molecule has 3 aliphatic rings. The molecule has 0 unspecified atom stereocenters. The van der Waals surface area contributed by atoms with Crippen molar-refractivity contribution in [3.63, 3.8) is 0 Å². The van der Waals surface area contributed by atoms with Gasteiger partial charge in [0.2, 0.25) is 5.91 Å². The predicted molar refractivity (Wildman–Crippen MR) is 112 cm³/mol. The zero-order chi connectivity index (χ0) is 21.0. The van der Waals surface area contributed by atoms with Crippen LogP contribution in [-0.4, -0.2) is 31.6 Å². The third-order valence-corrected chi connectivity index (χ3v) is 6.15. The maximum atomic E-state index is 13.3. The Morgan fingerprint density at radius 2 is 1.93 bits per heavy atom. The number of nitrogens with zero attached hydrogens (tertiary/aromatic N) is 2. The van der Waals surface area contributed by atoms with Crippen LogP contribution in [0.15, 0.2) is 53.9 Å². The van der Waals surface area contributed by atoms with E-state index in [1.54, 1.807) is 14.2 Å². The van der Waals surface area contributed by atoms with E-state index in [0.717, 1.165) is 28.8 Å². The number of methoxy groups -OCH3 is 2. The molecule has 2 aromatic rings. The van der Waals surface area contributed by atoms with Crippen molar-refractivity contribution in [2.24, 2.45) is 5.73 Å². The minimum absolute atomic E-state index is 0.248. The number of anilines is 1. The van der Waals surface area contributed by atoms with Gasteiger partial charge >= 0.3 is 0 Å². The third kappa shape index (κ3) is 2.16. The molecular formula is C23H20N4O3. The zero-order valence-electron chi connectivity index (χ0n) is 16.7. The lowest BCUT2D eigenvalue weighted by Gasteiger charge is -2.41. The minimum Gasteiger partial charge on any atom is -0.493 e. The van der Waals surface area contributed by atoms with Gasteiger partial charge < -0.3 is 25.4 Å². The molecule has 0 aromatic heterocycles. The standard InChI is InChI=1S/C23H20N4O3/c1-29-19-9-13-7-8-27-18(14(13)10-20(19)30-2)11-23(16(12-24)21(27)25)15-5-3-4-6-17(15)26-22(23)28/h3-6,9-11H,7-8,25H2,1-2H3,(H,26,28)/t23-/m1/s1. The first-order valence-electron chi connectivity index (χ1n) is 9.62. The van der Waals surface area contributed by atoms with Crippen LogP contribution in [0.1, 0.15) is 16.7 Å². The van der Waals surface area contributed by atoms with E-state index in [-0.39, 0.29) is 11.5 Å². The summed E-state index contributed by atoms with van der Waals surface area (Å²) >= 11 is 0. The van der Waals surface area contributed by atoms with Crippen LogP contribution in [0.25, 0.3) is 5.70 Å². The summed E-state index contributed by atoms with van der Waals surface area (Å²) in [5.74, 6) is 1.28. The second kappa shape index (κ2) is 6.29. The number of nitrogens with two attached hydrogens (primary N) is 1. The van der Waals surface area contributed by atoms with Gasteiger partial charge in [-0.05, 0) is 36.3 Å². The molecule has 0 bridgehead atoms. The molecule has 0 aliphatic carbocycles. The maximum Gasteiger partial charge on any atom is 0.244 e. The number of hydrogen-bond donors (Lipinski definition) is 2. The number of amides is 1. The summed E-state index contributed by atoms with van der Waals surface area (Å²) in [6.07, 6.45) is 2.59. The fraction of sp³-hybridized carbons (Fsp3) is 0.217. The number of hydrogen-bond acceptors (Lipinski definition) is 6. The fourth-order valence-corrected chi connectivity index (χ4v) is 4.70. The number of ether oxygens (including phenoxy) is 2. The summed E-state index contributed by atoms with van der Waals surface area (Å²) in [7, 11) is 3.19. The van der Waals surface area contributed by atoms with E-state index in [4.69, 9.17) is 15.2 Å². The van der Waals surface area contributed by atoms with Crippen molar-refractivity contribution in [3.8, 4) is 17.6 Å². The predicted octanol–water partition coefficient (Wildman–Crippen LogP) is 2.50. The van der Waals surface area contributed by atoms with Crippen molar-refractivity contribution in [2.75, 3.05) is 26.1 Å². The number of fused-ring (bicyclic) bond motifs is 5. The van der Waals surface area contributed by atoms with E-state index in [2.05, 4.69) is 11.4 Å². The molecule has 0 fully saturated rings. The lowest BCUT2D eigenvalue weighted by Crippen LogP contribution is -2.45. The smallest absolute Gasteiger partial charge is 0.244 e. The van der Waals surface area contributed by atoms with Crippen molar-refractivity contribution < 1.29 is 14.3 Å². The van der Waals surface area contributed by atoms with Gasteiger partial charge in [-0.2, -0.15) is 5.26 Å². The molecule has 1 atom stereocenters. The Balaban J connectivity index is 1.80. The van der Waals surface area contributed by atoms with E-state index in [0.29, 0.717) is 29.6 Å². The Morgan fingerprint density at radius 3 is 2.67 bits per heavy atom. The summed E-state index contributed by atoms with van der Waals surface area (Å²) in [5.41, 5.74) is 9.70. The zero-order valence-corrected chi connectivity index (χ0v) is 16.7. The molecule has 7 heteroatoms. The highest BCUT2D eigenvalue weighted by Crippen LogP contribution is 2.51. The first-order valence-corrected chi connectivity index (χ1v) is 9.62. The molecule has 1 amide bonds. The largest absolute Gasteiger partial charge is 0.493 e. The highest BCUT2D eigenvalue weighted by molar-refractivity contribution is 6.12. The average molecular weight is 400 g/mol. The number of carbonyl (C=O) groups is 1. The average Bonchev–Trinajstić information content (AvgIpc) is 3.04. The van der Waals surface area contributed by atoms with Gasteiger partial charge in [-0.3, -0.25) is 4.79 Å². The van der Waals surface area contributed by atoms with E-state index in [1.807, 2.05) is 47.4 Å². The quantitative estimate of drug-likeness (QED) is 0.803. The Bertz CT molecular complexity index is 1210. The van der Waals surface area contributed by atoms with Gasteiger partial charge in [0.15, 0.2) is 11.5 Å². The van der Waals surface area contributed by atoms with Crippen molar-refractivity contribution in [1.29, 1.82) is 5.26 Å². The maximum absolute atomic E-state index is 13.3. The lowest BCUT2D eigenvalue weighted by molar-refractivity contribution is -0.118. The normalized spacial score (nSPS) is 21.3. The molecule has 150 valence electrons. The van der Waals surface area contributed by atoms with Gasteiger partial charge in [0, 0.05) is 29.1 Å². The topological polar surface area (TPSA) is 101 Å². The first kappa shape index (κ1) is 18.1. The molecular weight excluding hydrogens is 380 g/mol. The molecule has 1 spiro atoms. The molecule has 3 N–H and O–H groups in total. The van der Waals surface area contributed by atoms with Crippen LogP contribution in [0, 0.1) is 11.3 Å². The second-order valence-electron chi connectivity index (χ2n) is 7.48. The molecule has 0 radical (unpaired) electrons. The van der Waals surface area contributed by atoms with Crippen LogP contribution in [0.3, 0.4) is 0 Å². The first-order chi connectivity index (χ1) is 14.5. The minimum atomic E-state index is -1.26. The summed E-state index contributed by atoms with van der Waals surface area (Å²) in [4.78, 5) is 15.2. The molecule has 2 aromatic carbocycles. The van der Waals surface area contributed by atoms with Crippen LogP contribution in [0.5, 0.6) is 11.5 Å². The van der Waals surface area contributed by atoms with E-state index >= 15 is 0 Å². The SMILES string of the molecule is COc1cc2c(cc1OC)C1=C[C@]3(C(=O)Nc4ccccc43)C(C#N)=C(N)N1CC2. The van der Waals surface area contributed by atoms with Gasteiger partial charge in [-0.1, -0.05) is 18.2 Å². The monoisotopic (exact) mass is 400 g/mol. The molecule has 7 nitrogen and oxygen atoms in total. The van der Waals surface area contributed by atoms with Crippen LogP contribution < -0.4 is 20.5 Å². The van der Waals surface area contributed by atoms with Crippen LogP contribution in [0.2, 0.25) is 0 Å². The molecule has 30 heavy (non-hydrogen) atoms. The Kier molecular flexibility index (Phi) is 3.80. The van der Waals surface area contributed by atoms with Crippen molar-refractivity contribution in [1.82, 2.24) is 4.90 Å². The van der Waals surface area contributed by atoms with Crippen molar-refractivity contribution in [2.45, 2.75) is 11.8 Å². The number of rotatable bonds is 2. The van der Waals surface area contributed by atoms with Gasteiger partial charge in [0.05, 0.1) is 19.8 Å².